The molecule has 1 aromatic rings. The molecule has 2 saturated carbocycles. The van der Waals surface area contributed by atoms with Gasteiger partial charge in [0.15, 0.2) is 0 Å². The van der Waals surface area contributed by atoms with Crippen molar-refractivity contribution in [3.05, 3.63) is 60.3 Å². The van der Waals surface area contributed by atoms with Gasteiger partial charge in [-0.1, -0.05) is 49.4 Å². The molecule has 0 radical (unpaired) electrons. The largest absolute Gasteiger partial charge is 0.355 e. The topological polar surface area (TPSA) is 32.3 Å². The highest BCUT2D eigenvalue weighted by atomic mass is 16.1. The predicted molar refractivity (Wildman–Crippen MR) is 108 cm³/mol. The van der Waals surface area contributed by atoms with E-state index >= 15 is 0 Å². The van der Waals surface area contributed by atoms with Gasteiger partial charge in [-0.3, -0.25) is 4.79 Å². The molecule has 2 aliphatic rings. The van der Waals surface area contributed by atoms with E-state index < -0.39 is 0 Å². The minimum Gasteiger partial charge on any atom is -0.355 e. The molecule has 0 heterocycles. The van der Waals surface area contributed by atoms with E-state index in [2.05, 4.69) is 29.3 Å². The summed E-state index contributed by atoms with van der Waals surface area (Å²) in [5, 5.41) is 2.62. The quantitative estimate of drug-likeness (QED) is 0.622. The molecule has 2 fully saturated rings. The standard InChI is InChI=1S/C23H26N2O/c1-5-17-7-9-19(10-8-17)16(3)25(15-18(6-2)23(26)24-4)22-14-12-20-11-13-21(20)22/h2,5,7-10,15,20-22H,1,3,11-14H2,4H3,(H,24,26)/b18-15+/t20-,21-,22+/m1/s1. The van der Waals surface area contributed by atoms with Gasteiger partial charge in [0.05, 0.1) is 0 Å². The van der Waals surface area contributed by atoms with Crippen LogP contribution in [0.15, 0.2) is 49.2 Å². The van der Waals surface area contributed by atoms with Gasteiger partial charge in [0.25, 0.3) is 5.91 Å². The van der Waals surface area contributed by atoms with Gasteiger partial charge in [0.1, 0.15) is 5.57 Å². The second kappa shape index (κ2) is 7.66. The molecular weight excluding hydrogens is 320 g/mol. The minimum atomic E-state index is -0.240. The van der Waals surface area contributed by atoms with Crippen LogP contribution in [0.5, 0.6) is 0 Å². The molecule has 0 unspecified atom stereocenters. The number of carbonyl (C=O) groups is 1. The fraction of sp³-hybridized carbons (Fsp3) is 0.348. The maximum absolute atomic E-state index is 12.1. The lowest BCUT2D eigenvalue weighted by Gasteiger charge is -2.40. The SMILES string of the molecule is C#C/C(=C\N(C(=C)c1ccc(C=C)cc1)[C@H]1CC[C@H]2CC[C@H]21)C(=O)NC. The van der Waals surface area contributed by atoms with Crippen LogP contribution in [-0.2, 0) is 4.79 Å². The zero-order chi connectivity index (χ0) is 18.7. The summed E-state index contributed by atoms with van der Waals surface area (Å²) >= 11 is 0. The fourth-order valence-corrected chi connectivity index (χ4v) is 4.17. The van der Waals surface area contributed by atoms with Crippen molar-refractivity contribution in [1.82, 2.24) is 10.2 Å². The van der Waals surface area contributed by atoms with Gasteiger partial charge in [-0.15, -0.1) is 6.42 Å². The van der Waals surface area contributed by atoms with Crippen LogP contribution in [-0.4, -0.2) is 23.9 Å². The Kier molecular flexibility index (Phi) is 5.32. The van der Waals surface area contributed by atoms with Gasteiger partial charge in [-0.2, -0.15) is 0 Å². The Morgan fingerprint density at radius 1 is 1.27 bits per heavy atom. The van der Waals surface area contributed by atoms with E-state index in [4.69, 9.17) is 6.42 Å². The molecule has 0 aliphatic heterocycles. The number of amides is 1. The Morgan fingerprint density at radius 3 is 2.46 bits per heavy atom. The highest BCUT2D eigenvalue weighted by Crippen LogP contribution is 2.50. The molecular formula is C23H26N2O. The lowest BCUT2D eigenvalue weighted by molar-refractivity contribution is -0.116. The number of terminal acetylenes is 1. The third kappa shape index (κ3) is 3.32. The van der Waals surface area contributed by atoms with Crippen LogP contribution >= 0.6 is 0 Å². The van der Waals surface area contributed by atoms with E-state index in [1.165, 1.54) is 19.3 Å². The zero-order valence-electron chi connectivity index (χ0n) is 15.4. The first-order chi connectivity index (χ1) is 12.6. The lowest BCUT2D eigenvalue weighted by atomic mass is 9.74. The predicted octanol–water partition coefficient (Wildman–Crippen LogP) is 4.05. The first kappa shape index (κ1) is 18.1. The first-order valence-corrected chi connectivity index (χ1v) is 9.19. The van der Waals surface area contributed by atoms with Crippen molar-refractivity contribution in [2.75, 3.05) is 7.05 Å². The maximum Gasteiger partial charge on any atom is 0.261 e. The fourth-order valence-electron chi connectivity index (χ4n) is 4.17. The van der Waals surface area contributed by atoms with Crippen LogP contribution in [0.4, 0.5) is 0 Å². The molecule has 0 aromatic heterocycles. The Hall–Kier alpha value is -2.73. The molecule has 0 bridgehead atoms. The van der Waals surface area contributed by atoms with Gasteiger partial charge in [-0.05, 0) is 48.6 Å². The average molecular weight is 346 g/mol. The van der Waals surface area contributed by atoms with Crippen molar-refractivity contribution in [3.8, 4) is 12.3 Å². The molecule has 26 heavy (non-hydrogen) atoms. The van der Waals surface area contributed by atoms with Crippen LogP contribution < -0.4 is 5.32 Å². The molecule has 1 amide bonds. The summed E-state index contributed by atoms with van der Waals surface area (Å²) in [6.45, 7) is 8.14. The van der Waals surface area contributed by atoms with E-state index in [0.29, 0.717) is 17.5 Å². The van der Waals surface area contributed by atoms with Crippen molar-refractivity contribution in [1.29, 1.82) is 0 Å². The molecule has 3 atom stereocenters. The molecule has 3 nitrogen and oxygen atoms in total. The highest BCUT2D eigenvalue weighted by molar-refractivity contribution is 5.97. The minimum absolute atomic E-state index is 0.240. The average Bonchev–Trinajstić information content (AvgIpc) is 2.95. The van der Waals surface area contributed by atoms with E-state index in [9.17, 15) is 4.79 Å². The number of hydrogen-bond acceptors (Lipinski definition) is 2. The van der Waals surface area contributed by atoms with E-state index in [-0.39, 0.29) is 5.91 Å². The number of rotatable bonds is 6. The van der Waals surface area contributed by atoms with Crippen molar-refractivity contribution in [3.63, 3.8) is 0 Å². The Labute approximate surface area is 156 Å². The van der Waals surface area contributed by atoms with Crippen molar-refractivity contribution >= 4 is 17.7 Å². The van der Waals surface area contributed by atoms with Crippen LogP contribution in [0.25, 0.3) is 11.8 Å². The molecule has 1 N–H and O–H groups in total. The van der Waals surface area contributed by atoms with Gasteiger partial charge < -0.3 is 10.2 Å². The Bertz CT molecular complexity index is 781. The highest BCUT2D eigenvalue weighted by Gasteiger charge is 2.44. The summed E-state index contributed by atoms with van der Waals surface area (Å²) < 4.78 is 0. The zero-order valence-corrected chi connectivity index (χ0v) is 15.4. The molecule has 3 heteroatoms. The third-order valence-corrected chi connectivity index (χ3v) is 5.85. The summed E-state index contributed by atoms with van der Waals surface area (Å²) in [5.41, 5.74) is 3.31. The molecule has 1 aromatic carbocycles. The van der Waals surface area contributed by atoms with Crippen LogP contribution in [0, 0.1) is 24.2 Å². The van der Waals surface area contributed by atoms with Crippen LogP contribution in [0.2, 0.25) is 0 Å². The lowest BCUT2D eigenvalue weighted by Crippen LogP contribution is -2.38. The smallest absolute Gasteiger partial charge is 0.261 e. The number of nitrogens with one attached hydrogen (secondary N) is 1. The van der Waals surface area contributed by atoms with Crippen molar-refractivity contribution in [2.24, 2.45) is 11.8 Å². The number of carbonyl (C=O) groups excluding carboxylic acids is 1. The second-order valence-corrected chi connectivity index (χ2v) is 7.09. The normalized spacial score (nSPS) is 24.0. The second-order valence-electron chi connectivity index (χ2n) is 7.09. The maximum atomic E-state index is 12.1. The summed E-state index contributed by atoms with van der Waals surface area (Å²) in [7, 11) is 1.60. The van der Waals surface area contributed by atoms with Crippen LogP contribution in [0.3, 0.4) is 0 Å². The molecule has 134 valence electrons. The summed E-state index contributed by atoms with van der Waals surface area (Å²) in [6, 6.07) is 8.49. The third-order valence-electron chi connectivity index (χ3n) is 5.85. The summed E-state index contributed by atoms with van der Waals surface area (Å²) in [6.07, 6.45) is 14.2. The van der Waals surface area contributed by atoms with Crippen molar-refractivity contribution < 1.29 is 4.79 Å². The summed E-state index contributed by atoms with van der Waals surface area (Å²) in [5.74, 6) is 3.76. The monoisotopic (exact) mass is 346 g/mol. The number of nitrogens with zero attached hydrogens (tertiary/aromatic N) is 1. The molecule has 0 saturated heterocycles. The Balaban J connectivity index is 1.95. The molecule has 0 spiro atoms. The van der Waals surface area contributed by atoms with E-state index in [1.54, 1.807) is 7.05 Å². The number of fused-ring (bicyclic) bond motifs is 1. The van der Waals surface area contributed by atoms with Gasteiger partial charge in [0, 0.05) is 25.0 Å². The summed E-state index contributed by atoms with van der Waals surface area (Å²) in [4.78, 5) is 14.3. The first-order valence-electron chi connectivity index (χ1n) is 9.19. The number of benzene rings is 1. The van der Waals surface area contributed by atoms with Gasteiger partial charge in [-0.25, -0.2) is 0 Å². The van der Waals surface area contributed by atoms with Gasteiger partial charge in [0.2, 0.25) is 0 Å². The van der Waals surface area contributed by atoms with Crippen LogP contribution in [0.1, 0.15) is 36.8 Å². The number of likely N-dealkylation sites (N-methyl/N-ethyl adjacent to an activating group) is 1. The molecule has 3 rings (SSSR count). The molecule has 2 aliphatic carbocycles. The van der Waals surface area contributed by atoms with E-state index in [1.807, 2.05) is 36.5 Å². The number of hydrogen-bond donors (Lipinski definition) is 1. The van der Waals surface area contributed by atoms with Crippen molar-refractivity contribution in [2.45, 2.75) is 31.7 Å². The van der Waals surface area contributed by atoms with E-state index in [0.717, 1.165) is 29.2 Å². The van der Waals surface area contributed by atoms with Gasteiger partial charge >= 0.3 is 0 Å². The Morgan fingerprint density at radius 2 is 1.96 bits per heavy atom.